The van der Waals surface area contributed by atoms with Gasteiger partial charge in [0.05, 0.1) is 24.9 Å². The van der Waals surface area contributed by atoms with Crippen LogP contribution in [0.25, 0.3) is 22.2 Å². The predicted molar refractivity (Wildman–Crippen MR) is 188 cm³/mol. The third-order valence-electron chi connectivity index (χ3n) is 10.0. The van der Waals surface area contributed by atoms with Crippen LogP contribution in [0.1, 0.15) is 51.5 Å². The number of aromatic nitrogens is 1. The van der Waals surface area contributed by atoms with Crippen molar-refractivity contribution in [3.8, 4) is 22.8 Å². The van der Waals surface area contributed by atoms with Crippen LogP contribution >= 0.6 is 0 Å². The van der Waals surface area contributed by atoms with E-state index in [0.29, 0.717) is 29.3 Å². The summed E-state index contributed by atoms with van der Waals surface area (Å²) < 4.78 is 12.5. The molecule has 5 atom stereocenters. The van der Waals surface area contributed by atoms with Gasteiger partial charge in [0.2, 0.25) is 11.8 Å². The number of methoxy groups -OCH3 is 1. The number of carboxylic acids is 1. The van der Waals surface area contributed by atoms with Gasteiger partial charge in [-0.1, -0.05) is 56.7 Å². The maximum Gasteiger partial charge on any atom is 0.330 e. The molecule has 0 spiro atoms. The number of carbonyl (C=O) groups is 4. The fourth-order valence-corrected chi connectivity index (χ4v) is 7.08. The molecule has 6 rings (SSSR count). The number of ether oxygens (including phenoxy) is 2. The molecule has 0 radical (unpaired) electrons. The standard InChI is InChI=1S/C38H45N5O7/c1-5-25-20-38(25,36(46)47)42-34(44)30-17-26-21-43(30)35(45)33(22(2)3)41-37(48)39-15-11-7-10-14-24-16-27-29(19-31(24)49-4)40-28(18-32(27)50-26)23-12-8-6-9-13-23/h5-6,8-9,12-13,16,18-19,22,25-26,30,33H,1,7,10-11,14-15,17,20-21H2,2-4H3,(H,42,44)(H,46,47)(H2,39,41,48)/t25-,26+,30-,33-,38+/m0/s1. The summed E-state index contributed by atoms with van der Waals surface area (Å²) in [6.07, 6.45) is 4.42. The molecule has 1 aromatic heterocycles. The van der Waals surface area contributed by atoms with Gasteiger partial charge in [0.25, 0.3) is 0 Å². The molecule has 1 saturated heterocycles. The van der Waals surface area contributed by atoms with Gasteiger partial charge >= 0.3 is 12.0 Å². The van der Waals surface area contributed by atoms with Crippen LogP contribution in [0.3, 0.4) is 0 Å². The van der Waals surface area contributed by atoms with Crippen molar-refractivity contribution < 1.29 is 33.8 Å². The molecule has 2 fully saturated rings. The molecular weight excluding hydrogens is 638 g/mol. The lowest BCUT2D eigenvalue weighted by atomic mass is 10.0. The van der Waals surface area contributed by atoms with Gasteiger partial charge < -0.3 is 35.4 Å². The van der Waals surface area contributed by atoms with E-state index in [1.54, 1.807) is 7.11 Å². The normalized spacial score (nSPS) is 25.6. The lowest BCUT2D eigenvalue weighted by Gasteiger charge is -2.31. The molecule has 12 nitrogen and oxygen atoms in total. The highest BCUT2D eigenvalue weighted by atomic mass is 16.5. The van der Waals surface area contributed by atoms with E-state index in [2.05, 4.69) is 22.5 Å². The zero-order valence-corrected chi connectivity index (χ0v) is 28.7. The molecule has 3 aromatic rings. The van der Waals surface area contributed by atoms with Gasteiger partial charge in [-0.05, 0) is 43.2 Å². The number of hydrogen-bond donors (Lipinski definition) is 4. The van der Waals surface area contributed by atoms with E-state index in [1.165, 1.54) is 11.0 Å². The molecule has 2 aromatic carbocycles. The van der Waals surface area contributed by atoms with Crippen molar-refractivity contribution >= 4 is 34.7 Å². The summed E-state index contributed by atoms with van der Waals surface area (Å²) >= 11 is 0. The maximum atomic E-state index is 14.3. The van der Waals surface area contributed by atoms with Crippen molar-refractivity contribution in [3.63, 3.8) is 0 Å². The lowest BCUT2D eigenvalue weighted by Crippen LogP contribution is -2.58. The molecule has 1 saturated carbocycles. The molecular formula is C38H45N5O7. The Balaban J connectivity index is 1.42. The van der Waals surface area contributed by atoms with Gasteiger partial charge in [-0.15, -0.1) is 6.58 Å². The molecule has 4 amide bonds. The number of fused-ring (bicyclic) bond motifs is 3. The van der Waals surface area contributed by atoms with E-state index in [9.17, 15) is 24.3 Å². The van der Waals surface area contributed by atoms with E-state index in [0.717, 1.165) is 42.2 Å². The fourth-order valence-electron chi connectivity index (χ4n) is 7.08. The molecule has 1 aliphatic carbocycles. The number of rotatable bonds is 7. The Hall–Kier alpha value is -5.13. The van der Waals surface area contributed by atoms with Crippen LogP contribution in [0.15, 0.2) is 61.2 Å². The molecule has 3 heterocycles. The minimum absolute atomic E-state index is 0.0435. The molecule has 0 unspecified atom stereocenters. The van der Waals surface area contributed by atoms with Crippen molar-refractivity contribution in [2.75, 3.05) is 20.2 Å². The van der Waals surface area contributed by atoms with E-state index in [4.69, 9.17) is 14.5 Å². The number of nitrogens with zero attached hydrogens (tertiary/aromatic N) is 2. The molecule has 50 heavy (non-hydrogen) atoms. The van der Waals surface area contributed by atoms with Gasteiger partial charge in [-0.3, -0.25) is 9.59 Å². The minimum Gasteiger partial charge on any atom is -0.496 e. The van der Waals surface area contributed by atoms with E-state index in [1.807, 2.05) is 62.4 Å². The summed E-state index contributed by atoms with van der Waals surface area (Å²) in [7, 11) is 1.64. The first-order valence-electron chi connectivity index (χ1n) is 17.3. The van der Waals surface area contributed by atoms with Gasteiger partial charge in [0.15, 0.2) is 0 Å². The summed E-state index contributed by atoms with van der Waals surface area (Å²) in [6.45, 7) is 7.85. The van der Waals surface area contributed by atoms with Crippen molar-refractivity contribution in [1.82, 2.24) is 25.8 Å². The minimum atomic E-state index is -1.48. The Bertz CT molecular complexity index is 1800. The second kappa shape index (κ2) is 14.4. The van der Waals surface area contributed by atoms with Gasteiger partial charge in [-0.25, -0.2) is 14.6 Å². The van der Waals surface area contributed by atoms with Crippen LogP contribution in [0.5, 0.6) is 11.5 Å². The Morgan fingerprint density at radius 1 is 1.16 bits per heavy atom. The Labute approximate surface area is 291 Å². The lowest BCUT2D eigenvalue weighted by molar-refractivity contribution is -0.145. The smallest absolute Gasteiger partial charge is 0.330 e. The average molecular weight is 684 g/mol. The fraction of sp³-hybridized carbons (Fsp3) is 0.447. The zero-order valence-electron chi connectivity index (χ0n) is 28.7. The van der Waals surface area contributed by atoms with Crippen molar-refractivity contribution in [2.45, 2.75) is 76.1 Å². The SMILES string of the molecule is C=C[C@H]1C[C@]1(NC(=O)[C@@H]1C[C@@H]2CN1C(=O)[C@H](C(C)C)NC(=O)NCCCCCc1cc3c(cc(-c4ccccc4)nc3cc1OC)O2)C(=O)O. The third kappa shape index (κ3) is 6.97. The van der Waals surface area contributed by atoms with E-state index < -0.39 is 53.5 Å². The highest BCUT2D eigenvalue weighted by Crippen LogP contribution is 2.45. The molecule has 12 heteroatoms. The summed E-state index contributed by atoms with van der Waals surface area (Å²) in [5.74, 6) is -1.65. The molecule has 2 aliphatic heterocycles. The monoisotopic (exact) mass is 683 g/mol. The second-order valence-electron chi connectivity index (χ2n) is 13.8. The van der Waals surface area contributed by atoms with E-state index in [-0.39, 0.29) is 25.3 Å². The molecule has 4 N–H and O–H groups in total. The maximum absolute atomic E-state index is 14.3. The summed E-state index contributed by atoms with van der Waals surface area (Å²) in [5.41, 5.74) is 1.77. The number of aliphatic carboxylic acids is 1. The largest absolute Gasteiger partial charge is 0.496 e. The first-order chi connectivity index (χ1) is 24.0. The van der Waals surface area contributed by atoms with Crippen LogP contribution in [-0.4, -0.2) is 82.7 Å². The quantitative estimate of drug-likeness (QED) is 0.266. The van der Waals surface area contributed by atoms with Crippen molar-refractivity contribution in [2.24, 2.45) is 11.8 Å². The van der Waals surface area contributed by atoms with E-state index >= 15 is 0 Å². The Morgan fingerprint density at radius 3 is 2.62 bits per heavy atom. The predicted octanol–water partition coefficient (Wildman–Crippen LogP) is 4.45. The highest BCUT2D eigenvalue weighted by molar-refractivity contribution is 5.96. The summed E-state index contributed by atoms with van der Waals surface area (Å²) in [5, 5.41) is 19.2. The number of urea groups is 1. The topological polar surface area (TPSA) is 159 Å². The van der Waals surface area contributed by atoms with Crippen LogP contribution < -0.4 is 25.4 Å². The number of carbonyl (C=O) groups excluding carboxylic acids is 3. The number of pyridine rings is 1. The highest BCUT2D eigenvalue weighted by Gasteiger charge is 2.61. The average Bonchev–Trinajstić information content (AvgIpc) is 3.67. The second-order valence-corrected chi connectivity index (χ2v) is 13.8. The van der Waals surface area contributed by atoms with Gasteiger partial charge in [-0.2, -0.15) is 0 Å². The number of amides is 4. The molecule has 264 valence electrons. The van der Waals surface area contributed by atoms with Crippen LogP contribution in [0.2, 0.25) is 0 Å². The number of nitrogens with one attached hydrogen (secondary N) is 3. The zero-order chi connectivity index (χ0) is 35.6. The number of aryl methyl sites for hydroxylation is 1. The molecule has 3 aliphatic rings. The number of carboxylic acid groups (broad SMARTS) is 1. The summed E-state index contributed by atoms with van der Waals surface area (Å²) in [6, 6.07) is 13.1. The summed E-state index contributed by atoms with van der Waals surface area (Å²) in [4.78, 5) is 59.9. The van der Waals surface area contributed by atoms with Crippen LogP contribution in [-0.2, 0) is 20.8 Å². The van der Waals surface area contributed by atoms with Crippen molar-refractivity contribution in [3.05, 3.63) is 66.7 Å². The number of hydrogen-bond acceptors (Lipinski definition) is 7. The van der Waals surface area contributed by atoms with Crippen molar-refractivity contribution in [1.29, 1.82) is 0 Å². The Kier molecular flexibility index (Phi) is 9.99. The number of benzene rings is 2. The van der Waals surface area contributed by atoms with Gasteiger partial charge in [0, 0.05) is 42.0 Å². The van der Waals surface area contributed by atoms with Crippen LogP contribution in [0.4, 0.5) is 4.79 Å². The molecule has 4 bridgehead atoms. The Morgan fingerprint density at radius 2 is 1.94 bits per heavy atom. The van der Waals surface area contributed by atoms with Gasteiger partial charge in [0.1, 0.15) is 35.2 Å². The van der Waals surface area contributed by atoms with Crippen LogP contribution in [0, 0.1) is 11.8 Å². The first kappa shape index (κ1) is 34.7. The third-order valence-corrected chi connectivity index (χ3v) is 10.0. The first-order valence-corrected chi connectivity index (χ1v) is 17.3.